The van der Waals surface area contributed by atoms with Crippen molar-refractivity contribution in [2.75, 3.05) is 6.61 Å². The Morgan fingerprint density at radius 2 is 1.59 bits per heavy atom. The van der Waals surface area contributed by atoms with Gasteiger partial charge in [-0.1, -0.05) is 10.3 Å². The van der Waals surface area contributed by atoms with E-state index in [9.17, 15) is 9.13 Å². The van der Waals surface area contributed by atoms with Crippen molar-refractivity contribution < 1.29 is 46.8 Å². The zero-order chi connectivity index (χ0) is 23.2. The van der Waals surface area contributed by atoms with Gasteiger partial charge in [0.05, 0.1) is 24.2 Å². The molecule has 4 heterocycles. The smallest absolute Gasteiger partial charge is 0.364 e. The minimum absolute atomic E-state index is 0.144. The molecule has 0 aliphatic carbocycles. The number of H-pyrrole nitrogens is 1. The van der Waals surface area contributed by atoms with Gasteiger partial charge in [-0.05, 0) is 5.57 Å². The standard InChI is InChI=1S/C8H9N2O5P.C7H8N3O5P/c11-16(12,13)15-5-6-3-8(9-4-6)7-1-2-14-10-7;11-16(12,13)15-4-5-3-8-7(9-5)6-1-2-14-10-6/h1-2,4H,3,5H2,(H2,11,12,13);1-3H,4H2,(H,8,9)(H2,11,12,13). The van der Waals surface area contributed by atoms with E-state index in [1.54, 1.807) is 12.1 Å². The lowest BCUT2D eigenvalue weighted by Gasteiger charge is -2.05. The van der Waals surface area contributed by atoms with Crippen molar-refractivity contribution in [3.8, 4) is 11.5 Å². The summed E-state index contributed by atoms with van der Waals surface area (Å²) in [6.45, 7) is -0.399. The van der Waals surface area contributed by atoms with Gasteiger partial charge in [-0.25, -0.2) is 14.1 Å². The molecule has 15 nitrogen and oxygen atoms in total. The Kier molecular flexibility index (Phi) is 7.66. The number of aromatic nitrogens is 4. The fourth-order valence-electron chi connectivity index (χ4n) is 2.30. The van der Waals surface area contributed by atoms with Gasteiger partial charge in [-0.3, -0.25) is 14.0 Å². The van der Waals surface area contributed by atoms with E-state index in [0.29, 0.717) is 40.6 Å². The summed E-state index contributed by atoms with van der Waals surface area (Å²) in [5, 5.41) is 7.35. The molecule has 5 N–H and O–H groups in total. The average Bonchev–Trinajstić information content (AvgIpc) is 3.51. The first-order valence-electron chi connectivity index (χ1n) is 8.59. The fraction of sp³-hybridized carbons (Fsp3) is 0.200. The van der Waals surface area contributed by atoms with E-state index >= 15 is 0 Å². The second-order valence-electron chi connectivity index (χ2n) is 6.09. The topological polar surface area (TPSA) is 227 Å². The predicted octanol–water partition coefficient (Wildman–Crippen LogP) is 1.53. The Morgan fingerprint density at radius 1 is 0.969 bits per heavy atom. The summed E-state index contributed by atoms with van der Waals surface area (Å²) in [6, 6.07) is 3.27. The number of phosphoric acid groups is 2. The second kappa shape index (κ2) is 10.3. The van der Waals surface area contributed by atoms with Crippen LogP contribution >= 0.6 is 15.6 Å². The van der Waals surface area contributed by atoms with Gasteiger partial charge in [-0.15, -0.1) is 0 Å². The maximum atomic E-state index is 10.5. The minimum atomic E-state index is -4.46. The normalized spacial score (nSPS) is 14.0. The van der Waals surface area contributed by atoms with Crippen LogP contribution in [0.4, 0.5) is 0 Å². The van der Waals surface area contributed by atoms with Crippen LogP contribution in [-0.4, -0.2) is 52.2 Å². The molecule has 0 bridgehead atoms. The van der Waals surface area contributed by atoms with E-state index in [1.807, 2.05) is 0 Å². The highest BCUT2D eigenvalue weighted by Crippen LogP contribution is 2.37. The van der Waals surface area contributed by atoms with Crippen LogP contribution < -0.4 is 0 Å². The van der Waals surface area contributed by atoms with E-state index in [4.69, 9.17) is 19.6 Å². The Balaban J connectivity index is 0.000000181. The Morgan fingerprint density at radius 3 is 2.19 bits per heavy atom. The van der Waals surface area contributed by atoms with Crippen LogP contribution in [0.15, 0.2) is 56.7 Å². The Labute approximate surface area is 179 Å². The molecule has 3 aromatic heterocycles. The lowest BCUT2D eigenvalue weighted by Crippen LogP contribution is -2.02. The molecule has 0 saturated carbocycles. The van der Waals surface area contributed by atoms with Gasteiger partial charge in [0.1, 0.15) is 30.5 Å². The van der Waals surface area contributed by atoms with Gasteiger partial charge in [0.2, 0.25) is 0 Å². The number of nitrogens with one attached hydrogen (secondary N) is 1. The maximum absolute atomic E-state index is 10.5. The van der Waals surface area contributed by atoms with E-state index in [-0.39, 0.29) is 13.2 Å². The van der Waals surface area contributed by atoms with Crippen molar-refractivity contribution in [2.24, 2.45) is 4.99 Å². The molecule has 0 amide bonds. The summed E-state index contributed by atoms with van der Waals surface area (Å²) in [7, 11) is -8.89. The highest BCUT2D eigenvalue weighted by atomic mass is 31.2. The molecule has 32 heavy (non-hydrogen) atoms. The number of nitrogens with zero attached hydrogens (tertiary/aromatic N) is 4. The van der Waals surface area contributed by atoms with Crippen LogP contribution in [0, 0.1) is 0 Å². The molecule has 0 saturated heterocycles. The van der Waals surface area contributed by atoms with Crippen LogP contribution in [0.5, 0.6) is 0 Å². The van der Waals surface area contributed by atoms with Crippen LogP contribution in [-0.2, 0) is 24.8 Å². The van der Waals surface area contributed by atoms with Gasteiger partial charge in [-0.2, -0.15) is 0 Å². The highest BCUT2D eigenvalue weighted by molar-refractivity contribution is 7.46. The Hall–Kier alpha value is -2.74. The molecule has 172 valence electrons. The summed E-state index contributed by atoms with van der Waals surface area (Å²) in [5.74, 6) is 0.443. The number of hydrogen-bond acceptors (Lipinski definition) is 10. The molecule has 17 heteroatoms. The first-order valence-corrected chi connectivity index (χ1v) is 11.7. The van der Waals surface area contributed by atoms with Gasteiger partial charge < -0.3 is 33.6 Å². The highest BCUT2D eigenvalue weighted by Gasteiger charge is 2.19. The number of rotatable bonds is 8. The van der Waals surface area contributed by atoms with Gasteiger partial charge in [0, 0.05) is 24.8 Å². The molecular formula is C15H17N5O10P2. The minimum Gasteiger partial charge on any atom is -0.364 e. The van der Waals surface area contributed by atoms with Crippen molar-refractivity contribution in [3.63, 3.8) is 0 Å². The second-order valence-corrected chi connectivity index (χ2v) is 8.57. The first-order chi connectivity index (χ1) is 15.1. The third kappa shape index (κ3) is 7.75. The molecule has 0 unspecified atom stereocenters. The molecule has 1 aliphatic rings. The van der Waals surface area contributed by atoms with E-state index in [2.05, 4.69) is 43.4 Å². The predicted molar refractivity (Wildman–Crippen MR) is 105 cm³/mol. The first kappa shape index (κ1) is 23.9. The maximum Gasteiger partial charge on any atom is 0.469 e. The molecule has 3 aromatic rings. The molecule has 0 radical (unpaired) electrons. The van der Waals surface area contributed by atoms with Crippen molar-refractivity contribution in [2.45, 2.75) is 13.0 Å². The van der Waals surface area contributed by atoms with Gasteiger partial charge in [0.25, 0.3) is 0 Å². The van der Waals surface area contributed by atoms with Crippen molar-refractivity contribution in [1.29, 1.82) is 0 Å². The monoisotopic (exact) mass is 489 g/mol. The molecule has 0 fully saturated rings. The summed E-state index contributed by atoms with van der Waals surface area (Å²) < 4.78 is 38.9. The van der Waals surface area contributed by atoms with Gasteiger partial charge in [0.15, 0.2) is 5.82 Å². The van der Waals surface area contributed by atoms with E-state index in [0.717, 1.165) is 0 Å². The SMILES string of the molecule is O=P(O)(O)OCC1=CN=C(c2ccon2)C1.O=P(O)(O)OCc1cnc(-c2ccon2)[nH]1. The molecule has 0 atom stereocenters. The lowest BCUT2D eigenvalue weighted by atomic mass is 10.1. The van der Waals surface area contributed by atoms with Crippen LogP contribution in [0.25, 0.3) is 11.5 Å². The number of imidazole rings is 1. The number of phosphoric ester groups is 2. The number of hydrogen-bond donors (Lipinski definition) is 5. The third-order valence-corrected chi connectivity index (χ3v) is 4.58. The molecular weight excluding hydrogens is 472 g/mol. The summed E-state index contributed by atoms with van der Waals surface area (Å²) >= 11 is 0. The Bertz CT molecular complexity index is 1160. The van der Waals surface area contributed by atoms with Crippen LogP contribution in [0.2, 0.25) is 0 Å². The summed E-state index contributed by atoms with van der Waals surface area (Å²) in [6.07, 6.45) is 6.19. The average molecular weight is 489 g/mol. The molecule has 0 aromatic carbocycles. The van der Waals surface area contributed by atoms with Crippen molar-refractivity contribution in [3.05, 3.63) is 54.0 Å². The van der Waals surface area contributed by atoms with Crippen LogP contribution in [0.3, 0.4) is 0 Å². The van der Waals surface area contributed by atoms with E-state index < -0.39 is 15.6 Å². The van der Waals surface area contributed by atoms with Crippen molar-refractivity contribution in [1.82, 2.24) is 20.3 Å². The summed E-state index contributed by atoms with van der Waals surface area (Å²) in [5.41, 5.74) is 2.92. The zero-order valence-electron chi connectivity index (χ0n) is 16.0. The third-order valence-electron chi connectivity index (χ3n) is 3.65. The largest absolute Gasteiger partial charge is 0.469 e. The lowest BCUT2D eigenvalue weighted by molar-refractivity contribution is 0.187. The fourth-order valence-corrected chi connectivity index (χ4v) is 2.94. The van der Waals surface area contributed by atoms with Crippen LogP contribution in [0.1, 0.15) is 17.8 Å². The quantitative estimate of drug-likeness (QED) is 0.283. The van der Waals surface area contributed by atoms with E-state index in [1.165, 1.54) is 24.9 Å². The molecule has 1 aliphatic heterocycles. The number of aliphatic imine (C=N–C) groups is 1. The summed E-state index contributed by atoms with van der Waals surface area (Å²) in [4.78, 5) is 44.8. The zero-order valence-corrected chi connectivity index (χ0v) is 17.8. The number of aromatic amines is 1. The molecule has 4 rings (SSSR count). The molecule has 0 spiro atoms. The van der Waals surface area contributed by atoms with Gasteiger partial charge >= 0.3 is 15.6 Å². The van der Waals surface area contributed by atoms with Crippen molar-refractivity contribution >= 4 is 21.4 Å².